The summed E-state index contributed by atoms with van der Waals surface area (Å²) in [4.78, 5) is 0. The van der Waals surface area contributed by atoms with Crippen LogP contribution in [0.4, 0.5) is 4.39 Å². The Labute approximate surface area is 100 Å². The molecule has 0 aromatic heterocycles. The lowest BCUT2D eigenvalue weighted by Crippen LogP contribution is -2.05. The molecule has 1 fully saturated rings. The van der Waals surface area contributed by atoms with Gasteiger partial charge < -0.3 is 14.6 Å². The number of aliphatic hydroxyl groups excluding tert-OH is 1. The smallest absolute Gasteiger partial charge is 0.189 e. The number of rotatable bonds is 6. The quantitative estimate of drug-likeness (QED) is 0.613. The summed E-state index contributed by atoms with van der Waals surface area (Å²) in [5, 5.41) is 9.27. The molecule has 1 atom stereocenters. The van der Waals surface area contributed by atoms with Crippen LogP contribution in [-0.2, 0) is 4.74 Å². The Morgan fingerprint density at radius 3 is 2.82 bits per heavy atom. The van der Waals surface area contributed by atoms with Crippen LogP contribution in [0.5, 0.6) is 5.75 Å². The van der Waals surface area contributed by atoms with Crippen molar-refractivity contribution in [2.75, 3.05) is 13.4 Å². The average molecular weight is 240 g/mol. The number of aliphatic hydroxyl groups is 1. The summed E-state index contributed by atoms with van der Waals surface area (Å²) in [5.41, 5.74) is 0.274. The minimum atomic E-state index is -0.810. The van der Waals surface area contributed by atoms with Crippen LogP contribution >= 0.6 is 0 Å². The lowest BCUT2D eigenvalue weighted by Gasteiger charge is -2.10. The van der Waals surface area contributed by atoms with Gasteiger partial charge in [0.25, 0.3) is 0 Å². The third kappa shape index (κ3) is 3.68. The van der Waals surface area contributed by atoms with Crippen molar-refractivity contribution in [3.63, 3.8) is 0 Å². The molecule has 1 aromatic rings. The van der Waals surface area contributed by atoms with Crippen LogP contribution in [0.3, 0.4) is 0 Å². The largest absolute Gasteiger partial charge is 0.467 e. The van der Waals surface area contributed by atoms with Gasteiger partial charge in [-0.3, -0.25) is 0 Å². The van der Waals surface area contributed by atoms with Crippen LogP contribution in [0.2, 0.25) is 0 Å². The van der Waals surface area contributed by atoms with Crippen LogP contribution in [0.15, 0.2) is 18.2 Å². The van der Waals surface area contributed by atoms with Crippen molar-refractivity contribution in [1.82, 2.24) is 0 Å². The van der Waals surface area contributed by atoms with Gasteiger partial charge in [-0.1, -0.05) is 0 Å². The number of hydrogen-bond donors (Lipinski definition) is 1. The molecule has 1 aliphatic carbocycles. The van der Waals surface area contributed by atoms with E-state index in [0.717, 1.165) is 0 Å². The Hall–Kier alpha value is -1.13. The van der Waals surface area contributed by atoms with Gasteiger partial charge in [0.1, 0.15) is 11.6 Å². The number of ether oxygens (including phenoxy) is 2. The zero-order valence-electron chi connectivity index (χ0n) is 9.86. The predicted octanol–water partition coefficient (Wildman–Crippen LogP) is 2.64. The molecule has 2 rings (SSSR count). The van der Waals surface area contributed by atoms with Gasteiger partial charge in [0, 0.05) is 11.6 Å². The van der Waals surface area contributed by atoms with Crippen molar-refractivity contribution in [3.8, 4) is 5.75 Å². The second kappa shape index (κ2) is 5.47. The molecule has 94 valence electrons. The van der Waals surface area contributed by atoms with Gasteiger partial charge in [0.2, 0.25) is 0 Å². The third-order valence-electron chi connectivity index (χ3n) is 2.78. The van der Waals surface area contributed by atoms with Crippen molar-refractivity contribution in [2.45, 2.75) is 25.9 Å². The van der Waals surface area contributed by atoms with Crippen LogP contribution in [-0.4, -0.2) is 18.5 Å². The molecule has 0 aliphatic heterocycles. The molecule has 0 amide bonds. The molecule has 0 bridgehead atoms. The fourth-order valence-corrected chi connectivity index (χ4v) is 1.55. The molecule has 0 saturated heterocycles. The highest BCUT2D eigenvalue weighted by Crippen LogP contribution is 2.28. The highest BCUT2D eigenvalue weighted by atomic mass is 19.1. The fourth-order valence-electron chi connectivity index (χ4n) is 1.55. The van der Waals surface area contributed by atoms with Crippen LogP contribution in [0.1, 0.15) is 31.4 Å². The first-order valence-electron chi connectivity index (χ1n) is 5.85. The van der Waals surface area contributed by atoms with Gasteiger partial charge in [0.05, 0.1) is 12.7 Å². The van der Waals surface area contributed by atoms with Crippen molar-refractivity contribution < 1.29 is 19.0 Å². The second-order valence-electron chi connectivity index (χ2n) is 4.44. The predicted molar refractivity (Wildman–Crippen MR) is 61.2 cm³/mol. The molecule has 4 heteroatoms. The summed E-state index contributed by atoms with van der Waals surface area (Å²) in [5.74, 6) is 0.648. The molecule has 1 aromatic carbocycles. The molecule has 17 heavy (non-hydrogen) atoms. The Morgan fingerprint density at radius 1 is 1.47 bits per heavy atom. The van der Waals surface area contributed by atoms with Gasteiger partial charge in [-0.15, -0.1) is 0 Å². The minimum absolute atomic E-state index is 0.143. The summed E-state index contributed by atoms with van der Waals surface area (Å²) in [6, 6.07) is 4.42. The van der Waals surface area contributed by atoms with Gasteiger partial charge in [0.15, 0.2) is 6.79 Å². The maximum Gasteiger partial charge on any atom is 0.189 e. The lowest BCUT2D eigenvalue weighted by molar-refractivity contribution is 0.00979. The maximum atomic E-state index is 13.5. The molecule has 0 heterocycles. The van der Waals surface area contributed by atoms with Crippen molar-refractivity contribution in [1.29, 1.82) is 0 Å². The normalized spacial score (nSPS) is 16.9. The zero-order valence-corrected chi connectivity index (χ0v) is 9.86. The molecular formula is C13H17FO3. The van der Waals surface area contributed by atoms with Gasteiger partial charge >= 0.3 is 0 Å². The highest BCUT2D eigenvalue weighted by Gasteiger charge is 2.21. The van der Waals surface area contributed by atoms with Crippen molar-refractivity contribution in [3.05, 3.63) is 29.6 Å². The molecule has 3 nitrogen and oxygen atoms in total. The number of benzene rings is 1. The van der Waals surface area contributed by atoms with E-state index in [9.17, 15) is 9.50 Å². The molecule has 0 spiro atoms. The molecule has 1 aliphatic rings. The van der Waals surface area contributed by atoms with E-state index in [2.05, 4.69) is 0 Å². The first kappa shape index (κ1) is 12.3. The van der Waals surface area contributed by atoms with E-state index in [0.29, 0.717) is 18.3 Å². The van der Waals surface area contributed by atoms with E-state index in [4.69, 9.17) is 9.47 Å². The maximum absolute atomic E-state index is 13.5. The monoisotopic (exact) mass is 240 g/mol. The topological polar surface area (TPSA) is 38.7 Å². The Bertz CT molecular complexity index is 375. The summed E-state index contributed by atoms with van der Waals surface area (Å²) in [7, 11) is 0. The molecule has 1 saturated carbocycles. The Kier molecular flexibility index (Phi) is 3.97. The van der Waals surface area contributed by atoms with E-state index in [1.54, 1.807) is 6.07 Å². The lowest BCUT2D eigenvalue weighted by atomic mass is 10.1. The highest BCUT2D eigenvalue weighted by molar-refractivity contribution is 5.29. The zero-order chi connectivity index (χ0) is 12.3. The summed E-state index contributed by atoms with van der Waals surface area (Å²) in [6.07, 6.45) is 1.66. The third-order valence-corrected chi connectivity index (χ3v) is 2.78. The summed E-state index contributed by atoms with van der Waals surface area (Å²) in [6.45, 7) is 2.38. The van der Waals surface area contributed by atoms with Crippen LogP contribution < -0.4 is 4.74 Å². The first-order valence-corrected chi connectivity index (χ1v) is 5.85. The van der Waals surface area contributed by atoms with Crippen molar-refractivity contribution in [2.24, 2.45) is 5.92 Å². The molecule has 1 N–H and O–H groups in total. The minimum Gasteiger partial charge on any atom is -0.467 e. The Morgan fingerprint density at radius 2 is 2.24 bits per heavy atom. The number of halogens is 1. The SMILES string of the molecule is C[C@H](O)c1ccc(OCOCC2CC2)cc1F. The van der Waals surface area contributed by atoms with Gasteiger partial charge in [-0.25, -0.2) is 4.39 Å². The standard InChI is InChI=1S/C13H17FO3/c1-9(15)12-5-4-11(6-13(12)14)17-8-16-7-10-2-3-10/h4-6,9-10,15H,2-3,7-8H2,1H3/t9-/m0/s1. The van der Waals surface area contributed by atoms with Crippen LogP contribution in [0.25, 0.3) is 0 Å². The number of hydrogen-bond acceptors (Lipinski definition) is 3. The summed E-state index contributed by atoms with van der Waals surface area (Å²) >= 11 is 0. The van der Waals surface area contributed by atoms with Gasteiger partial charge in [-0.05, 0) is 37.8 Å². The van der Waals surface area contributed by atoms with Crippen LogP contribution in [0, 0.1) is 11.7 Å². The summed E-state index contributed by atoms with van der Waals surface area (Å²) < 4.78 is 24.0. The second-order valence-corrected chi connectivity index (χ2v) is 4.44. The Balaban J connectivity index is 1.81. The van der Waals surface area contributed by atoms with Gasteiger partial charge in [-0.2, -0.15) is 0 Å². The molecule has 0 radical (unpaired) electrons. The molecular weight excluding hydrogens is 223 g/mol. The van der Waals surface area contributed by atoms with E-state index in [1.165, 1.54) is 31.9 Å². The van der Waals surface area contributed by atoms with Crippen molar-refractivity contribution >= 4 is 0 Å². The molecule has 0 unspecified atom stereocenters. The van der Waals surface area contributed by atoms with E-state index in [-0.39, 0.29) is 12.4 Å². The average Bonchev–Trinajstić information content (AvgIpc) is 3.08. The van der Waals surface area contributed by atoms with E-state index >= 15 is 0 Å². The van der Waals surface area contributed by atoms with E-state index < -0.39 is 11.9 Å². The van der Waals surface area contributed by atoms with E-state index in [1.807, 2.05) is 0 Å². The first-order chi connectivity index (χ1) is 8.16. The fraction of sp³-hybridized carbons (Fsp3) is 0.538.